The van der Waals surface area contributed by atoms with Crippen molar-refractivity contribution in [3.63, 3.8) is 0 Å². The Morgan fingerprint density at radius 3 is 2.33 bits per heavy atom. The van der Waals surface area contributed by atoms with Gasteiger partial charge in [-0.2, -0.15) is 0 Å². The van der Waals surface area contributed by atoms with Crippen LogP contribution in [0.4, 0.5) is 0 Å². The molecule has 0 aliphatic carbocycles. The standard InChI is InChI=1S/C14H22N2O2/c1-11(2)8-12-4-6-13(7-5-12)9-18-10-14(17)16(3)15/h4-7,11H,8-10,15H2,1-3H3. The van der Waals surface area contributed by atoms with Gasteiger partial charge in [-0.15, -0.1) is 0 Å². The van der Waals surface area contributed by atoms with Crippen LogP contribution in [0.2, 0.25) is 0 Å². The van der Waals surface area contributed by atoms with Crippen molar-refractivity contribution in [1.82, 2.24) is 5.01 Å². The first-order valence-electron chi connectivity index (χ1n) is 6.16. The highest BCUT2D eigenvalue weighted by molar-refractivity contribution is 5.76. The minimum atomic E-state index is -0.230. The summed E-state index contributed by atoms with van der Waals surface area (Å²) in [5, 5.41) is 1.03. The number of likely N-dealkylation sites (N-methyl/N-ethyl adjacent to an activating group) is 1. The van der Waals surface area contributed by atoms with Crippen molar-refractivity contribution in [2.24, 2.45) is 11.8 Å². The molecule has 0 spiro atoms. The smallest absolute Gasteiger partial charge is 0.262 e. The Hall–Kier alpha value is -1.39. The van der Waals surface area contributed by atoms with E-state index in [2.05, 4.69) is 26.0 Å². The molecule has 4 nitrogen and oxygen atoms in total. The maximum atomic E-state index is 11.2. The first kappa shape index (κ1) is 14.7. The van der Waals surface area contributed by atoms with Gasteiger partial charge in [0.15, 0.2) is 0 Å². The lowest BCUT2D eigenvalue weighted by molar-refractivity contribution is -0.135. The fraction of sp³-hybridized carbons (Fsp3) is 0.500. The maximum absolute atomic E-state index is 11.2. The van der Waals surface area contributed by atoms with Gasteiger partial charge in [0.2, 0.25) is 0 Å². The van der Waals surface area contributed by atoms with Gasteiger partial charge in [0.1, 0.15) is 6.61 Å². The van der Waals surface area contributed by atoms with Crippen LogP contribution in [0.3, 0.4) is 0 Å². The van der Waals surface area contributed by atoms with E-state index in [1.807, 2.05) is 12.1 Å². The third kappa shape index (κ3) is 5.29. The third-order valence-electron chi connectivity index (χ3n) is 2.55. The predicted molar refractivity (Wildman–Crippen MR) is 71.6 cm³/mol. The molecule has 0 heterocycles. The van der Waals surface area contributed by atoms with Crippen LogP contribution in [0.1, 0.15) is 25.0 Å². The normalized spacial score (nSPS) is 10.7. The zero-order valence-corrected chi connectivity index (χ0v) is 11.3. The van der Waals surface area contributed by atoms with Gasteiger partial charge in [-0.25, -0.2) is 5.84 Å². The summed E-state index contributed by atoms with van der Waals surface area (Å²) in [5.74, 6) is 5.71. The fourth-order valence-electron chi connectivity index (χ4n) is 1.60. The van der Waals surface area contributed by atoms with Crippen LogP contribution in [0.15, 0.2) is 24.3 Å². The van der Waals surface area contributed by atoms with E-state index in [0.29, 0.717) is 12.5 Å². The minimum Gasteiger partial charge on any atom is -0.367 e. The van der Waals surface area contributed by atoms with Crippen molar-refractivity contribution >= 4 is 5.91 Å². The highest BCUT2D eigenvalue weighted by Crippen LogP contribution is 2.10. The number of benzene rings is 1. The summed E-state index contributed by atoms with van der Waals surface area (Å²) in [6.45, 7) is 4.85. The number of carbonyl (C=O) groups is 1. The van der Waals surface area contributed by atoms with Crippen LogP contribution in [0.5, 0.6) is 0 Å². The van der Waals surface area contributed by atoms with Crippen molar-refractivity contribution in [1.29, 1.82) is 0 Å². The Labute approximate surface area is 109 Å². The maximum Gasteiger partial charge on any atom is 0.262 e. The highest BCUT2D eigenvalue weighted by atomic mass is 16.5. The van der Waals surface area contributed by atoms with Gasteiger partial charge in [-0.1, -0.05) is 38.1 Å². The number of nitrogens with two attached hydrogens (primary N) is 1. The molecule has 0 saturated heterocycles. The first-order valence-corrected chi connectivity index (χ1v) is 6.16. The fourth-order valence-corrected chi connectivity index (χ4v) is 1.60. The van der Waals surface area contributed by atoms with Gasteiger partial charge in [0.25, 0.3) is 5.91 Å². The van der Waals surface area contributed by atoms with Crippen LogP contribution < -0.4 is 5.84 Å². The highest BCUT2D eigenvalue weighted by Gasteiger charge is 2.04. The number of hydrazine groups is 1. The molecule has 1 amide bonds. The second kappa shape index (κ2) is 7.13. The molecule has 1 rings (SSSR count). The molecule has 100 valence electrons. The summed E-state index contributed by atoms with van der Waals surface area (Å²) >= 11 is 0. The molecular formula is C14H22N2O2. The number of hydrogen-bond donors (Lipinski definition) is 1. The van der Waals surface area contributed by atoms with Crippen molar-refractivity contribution in [2.45, 2.75) is 26.9 Å². The van der Waals surface area contributed by atoms with E-state index in [1.165, 1.54) is 12.6 Å². The van der Waals surface area contributed by atoms with Gasteiger partial charge < -0.3 is 4.74 Å². The Morgan fingerprint density at radius 1 is 1.28 bits per heavy atom. The second-order valence-corrected chi connectivity index (χ2v) is 4.91. The second-order valence-electron chi connectivity index (χ2n) is 4.91. The van der Waals surface area contributed by atoms with Gasteiger partial charge in [0.05, 0.1) is 6.61 Å². The molecule has 1 aromatic carbocycles. The van der Waals surface area contributed by atoms with E-state index in [-0.39, 0.29) is 12.5 Å². The molecule has 0 bridgehead atoms. The number of nitrogens with zero attached hydrogens (tertiary/aromatic N) is 1. The van der Waals surface area contributed by atoms with Gasteiger partial charge >= 0.3 is 0 Å². The van der Waals surface area contributed by atoms with Crippen molar-refractivity contribution in [3.8, 4) is 0 Å². The monoisotopic (exact) mass is 250 g/mol. The Morgan fingerprint density at radius 2 is 1.83 bits per heavy atom. The predicted octanol–water partition coefficient (Wildman–Crippen LogP) is 1.73. The molecule has 0 aliphatic rings. The summed E-state index contributed by atoms with van der Waals surface area (Å²) in [6, 6.07) is 8.29. The molecule has 0 fully saturated rings. The van der Waals surface area contributed by atoms with Gasteiger partial charge in [-0.05, 0) is 23.5 Å². The van der Waals surface area contributed by atoms with E-state index in [9.17, 15) is 4.79 Å². The average molecular weight is 250 g/mol. The molecule has 0 radical (unpaired) electrons. The lowest BCUT2D eigenvalue weighted by Gasteiger charge is -2.10. The Bertz CT molecular complexity index is 372. The Kier molecular flexibility index (Phi) is 5.82. The van der Waals surface area contributed by atoms with E-state index in [4.69, 9.17) is 10.6 Å². The van der Waals surface area contributed by atoms with Crippen LogP contribution in [-0.2, 0) is 22.6 Å². The summed E-state index contributed by atoms with van der Waals surface area (Å²) in [6.07, 6.45) is 1.08. The number of rotatable bonds is 6. The van der Waals surface area contributed by atoms with Crippen molar-refractivity contribution < 1.29 is 9.53 Å². The van der Waals surface area contributed by atoms with Crippen LogP contribution >= 0.6 is 0 Å². The molecule has 1 aromatic rings. The Balaban J connectivity index is 2.37. The number of hydrogen-bond acceptors (Lipinski definition) is 3. The molecular weight excluding hydrogens is 228 g/mol. The van der Waals surface area contributed by atoms with Crippen molar-refractivity contribution in [3.05, 3.63) is 35.4 Å². The minimum absolute atomic E-state index is 0.0146. The van der Waals surface area contributed by atoms with Crippen LogP contribution in [0.25, 0.3) is 0 Å². The number of carbonyl (C=O) groups excluding carboxylic acids is 1. The number of amides is 1. The molecule has 0 aromatic heterocycles. The molecule has 18 heavy (non-hydrogen) atoms. The molecule has 0 unspecified atom stereocenters. The van der Waals surface area contributed by atoms with E-state index in [1.54, 1.807) is 0 Å². The van der Waals surface area contributed by atoms with Gasteiger partial charge in [0, 0.05) is 7.05 Å². The SMILES string of the molecule is CC(C)Cc1ccc(COCC(=O)N(C)N)cc1. The molecule has 0 aliphatic heterocycles. The zero-order chi connectivity index (χ0) is 13.5. The quantitative estimate of drug-likeness (QED) is 0.475. The average Bonchev–Trinajstić information content (AvgIpc) is 2.30. The molecule has 4 heteroatoms. The summed E-state index contributed by atoms with van der Waals surface area (Å²) in [7, 11) is 1.51. The van der Waals surface area contributed by atoms with E-state index < -0.39 is 0 Å². The number of ether oxygens (including phenoxy) is 1. The van der Waals surface area contributed by atoms with E-state index in [0.717, 1.165) is 17.0 Å². The molecule has 2 N–H and O–H groups in total. The molecule has 0 saturated carbocycles. The van der Waals surface area contributed by atoms with Crippen molar-refractivity contribution in [2.75, 3.05) is 13.7 Å². The lowest BCUT2D eigenvalue weighted by atomic mass is 10.0. The largest absolute Gasteiger partial charge is 0.367 e. The van der Waals surface area contributed by atoms with E-state index >= 15 is 0 Å². The summed E-state index contributed by atoms with van der Waals surface area (Å²) < 4.78 is 5.29. The molecule has 0 atom stereocenters. The zero-order valence-electron chi connectivity index (χ0n) is 11.3. The summed E-state index contributed by atoms with van der Waals surface area (Å²) in [4.78, 5) is 11.2. The van der Waals surface area contributed by atoms with Gasteiger partial charge in [-0.3, -0.25) is 9.80 Å². The lowest BCUT2D eigenvalue weighted by Crippen LogP contribution is -2.35. The van der Waals surface area contributed by atoms with Crippen LogP contribution in [-0.4, -0.2) is 24.6 Å². The third-order valence-corrected chi connectivity index (χ3v) is 2.55. The van der Waals surface area contributed by atoms with Crippen LogP contribution in [0, 0.1) is 5.92 Å². The first-order chi connectivity index (χ1) is 8.49. The summed E-state index contributed by atoms with van der Waals surface area (Å²) in [5.41, 5.74) is 2.39. The topological polar surface area (TPSA) is 55.6 Å².